The minimum Gasteiger partial charge on any atom is -0.461 e. The molecule has 8 rings (SSSR count). The van der Waals surface area contributed by atoms with Gasteiger partial charge in [0, 0.05) is 60.4 Å². The van der Waals surface area contributed by atoms with Crippen molar-refractivity contribution < 1.29 is 18.4 Å². The molecule has 14 heteroatoms. The second-order valence-corrected chi connectivity index (χ2v) is 14.0. The van der Waals surface area contributed by atoms with Crippen LogP contribution in [0.4, 0.5) is 10.2 Å². The highest BCUT2D eigenvalue weighted by molar-refractivity contribution is 6.36. The third kappa shape index (κ3) is 6.20. The molecular weight excluding hydrogens is 685 g/mol. The van der Waals surface area contributed by atoms with Gasteiger partial charge in [0.1, 0.15) is 23.6 Å². The molecule has 3 fully saturated rings. The number of fused-ring (bicyclic) bond motifs is 3. The van der Waals surface area contributed by atoms with Gasteiger partial charge in [-0.3, -0.25) is 14.7 Å². The van der Waals surface area contributed by atoms with Crippen molar-refractivity contribution in [1.29, 1.82) is 5.26 Å². The van der Waals surface area contributed by atoms with Gasteiger partial charge in [0.25, 0.3) is 5.89 Å². The van der Waals surface area contributed by atoms with E-state index in [0.29, 0.717) is 59.1 Å². The van der Waals surface area contributed by atoms with Crippen LogP contribution in [-0.2, 0) is 11.2 Å². The standard InChI is InChI=1S/C38H37ClFN9O3/c1-2-29-43-30(52-46-29)11-12-31(50)49-20-19-47(22-25(49)13-16-41)36-27-21-42-34(26-9-3-7-24-8-4-10-28(39)32(24)26)33(40)35(27)44-37(45-36)51-23-38-14-5-17-48(38)18-6-15-38/h3-4,7-12,21,25H,2,5-6,13-15,17-20,22-23H2,1H3/b12-11+/t25-/m0/s1. The molecular formula is C38H37ClFN9O3. The summed E-state index contributed by atoms with van der Waals surface area (Å²) in [7, 11) is 0. The third-order valence-electron chi connectivity index (χ3n) is 10.6. The zero-order chi connectivity index (χ0) is 35.8. The van der Waals surface area contributed by atoms with E-state index in [1.54, 1.807) is 23.2 Å². The van der Waals surface area contributed by atoms with Crippen LogP contribution in [0.1, 0.15) is 50.7 Å². The number of nitriles is 1. The number of carbonyl (C=O) groups excluding carboxylic acids is 1. The molecule has 3 aromatic heterocycles. The van der Waals surface area contributed by atoms with E-state index < -0.39 is 11.9 Å². The van der Waals surface area contributed by atoms with Crippen LogP contribution in [0, 0.1) is 17.1 Å². The fraction of sp³-hybridized carbons (Fsp3) is 0.395. The van der Waals surface area contributed by atoms with Gasteiger partial charge in [0.15, 0.2) is 11.6 Å². The molecule has 1 atom stereocenters. The van der Waals surface area contributed by atoms with E-state index in [1.165, 1.54) is 12.2 Å². The van der Waals surface area contributed by atoms with Crippen LogP contribution < -0.4 is 9.64 Å². The van der Waals surface area contributed by atoms with Crippen molar-refractivity contribution in [2.45, 2.75) is 57.0 Å². The molecule has 0 spiro atoms. The van der Waals surface area contributed by atoms with Crippen LogP contribution in [0.15, 0.2) is 53.2 Å². The average molecular weight is 722 g/mol. The first-order chi connectivity index (χ1) is 25.4. The summed E-state index contributed by atoms with van der Waals surface area (Å²) >= 11 is 6.64. The van der Waals surface area contributed by atoms with Gasteiger partial charge in [-0.05, 0) is 50.2 Å². The Morgan fingerprint density at radius 2 is 1.94 bits per heavy atom. The molecule has 12 nitrogen and oxygen atoms in total. The van der Waals surface area contributed by atoms with E-state index in [4.69, 9.17) is 25.8 Å². The topological polar surface area (TPSA) is 137 Å². The van der Waals surface area contributed by atoms with E-state index in [0.717, 1.165) is 44.2 Å². The predicted octanol–water partition coefficient (Wildman–Crippen LogP) is 6.23. The van der Waals surface area contributed by atoms with E-state index in [-0.39, 0.29) is 47.5 Å². The summed E-state index contributed by atoms with van der Waals surface area (Å²) in [4.78, 5) is 37.9. The Morgan fingerprint density at radius 3 is 2.71 bits per heavy atom. The minimum absolute atomic E-state index is 0.0726. The first-order valence-electron chi connectivity index (χ1n) is 17.7. The minimum atomic E-state index is -0.611. The molecule has 0 aliphatic carbocycles. The maximum absolute atomic E-state index is 16.9. The Labute approximate surface area is 304 Å². The molecule has 6 heterocycles. The fourth-order valence-corrected chi connectivity index (χ4v) is 8.29. The number of anilines is 1. The maximum atomic E-state index is 16.9. The first kappa shape index (κ1) is 33.9. The fourth-order valence-electron chi connectivity index (χ4n) is 8.00. The van der Waals surface area contributed by atoms with Gasteiger partial charge >= 0.3 is 6.01 Å². The predicted molar refractivity (Wildman–Crippen MR) is 194 cm³/mol. The summed E-state index contributed by atoms with van der Waals surface area (Å²) in [6.45, 7) is 5.33. The number of hydrogen-bond acceptors (Lipinski definition) is 11. The van der Waals surface area contributed by atoms with Crippen LogP contribution in [0.2, 0.25) is 5.02 Å². The molecule has 3 aliphatic heterocycles. The average Bonchev–Trinajstić information content (AvgIpc) is 3.90. The SMILES string of the molecule is CCc1noc(/C=C/C(=O)N2CCN(c3nc(OCC45CCCN4CCC5)nc4c(F)c(-c5cccc6cccc(Cl)c56)ncc34)C[C@@H]2CC#N)n1. The number of pyridine rings is 1. The lowest BCUT2D eigenvalue weighted by Crippen LogP contribution is -2.55. The smallest absolute Gasteiger partial charge is 0.319 e. The Kier molecular flexibility index (Phi) is 9.19. The van der Waals surface area contributed by atoms with E-state index in [9.17, 15) is 10.1 Å². The molecule has 0 unspecified atom stereocenters. The van der Waals surface area contributed by atoms with Crippen molar-refractivity contribution in [2.24, 2.45) is 0 Å². The van der Waals surface area contributed by atoms with E-state index in [2.05, 4.69) is 31.1 Å². The number of carbonyl (C=O) groups is 1. The van der Waals surface area contributed by atoms with Crippen LogP contribution in [-0.4, -0.2) is 91.7 Å². The number of piperazine rings is 1. The number of hydrogen-bond donors (Lipinski definition) is 0. The summed E-state index contributed by atoms with van der Waals surface area (Å²) in [6.07, 6.45) is 9.43. The van der Waals surface area contributed by atoms with Crippen molar-refractivity contribution in [3.05, 3.63) is 71.2 Å². The molecule has 0 radical (unpaired) electrons. The number of rotatable bonds is 9. The Hall–Kier alpha value is -5.19. The maximum Gasteiger partial charge on any atom is 0.319 e. The lowest BCUT2D eigenvalue weighted by molar-refractivity contribution is -0.128. The van der Waals surface area contributed by atoms with Crippen LogP contribution in [0.25, 0.3) is 39.0 Å². The third-order valence-corrected chi connectivity index (χ3v) is 10.9. The molecule has 52 heavy (non-hydrogen) atoms. The molecule has 0 N–H and O–H groups in total. The van der Waals surface area contributed by atoms with Gasteiger partial charge in [-0.25, -0.2) is 4.39 Å². The normalized spacial score (nSPS) is 18.8. The highest BCUT2D eigenvalue weighted by Gasteiger charge is 2.45. The molecule has 3 saturated heterocycles. The summed E-state index contributed by atoms with van der Waals surface area (Å²) in [5, 5.41) is 16.1. The number of aryl methyl sites for hydroxylation is 1. The Morgan fingerprint density at radius 1 is 1.13 bits per heavy atom. The van der Waals surface area contributed by atoms with Gasteiger partial charge in [0.2, 0.25) is 5.91 Å². The van der Waals surface area contributed by atoms with Gasteiger partial charge in [0.05, 0.1) is 29.5 Å². The highest BCUT2D eigenvalue weighted by atomic mass is 35.5. The van der Waals surface area contributed by atoms with Crippen molar-refractivity contribution >= 4 is 51.1 Å². The summed E-state index contributed by atoms with van der Waals surface area (Å²) in [5.74, 6) is 0.323. The van der Waals surface area contributed by atoms with Crippen LogP contribution in [0.5, 0.6) is 6.01 Å². The van der Waals surface area contributed by atoms with Crippen molar-refractivity contribution in [2.75, 3.05) is 44.2 Å². The lowest BCUT2D eigenvalue weighted by Gasteiger charge is -2.41. The lowest BCUT2D eigenvalue weighted by atomic mass is 9.95. The largest absolute Gasteiger partial charge is 0.461 e. The van der Waals surface area contributed by atoms with Gasteiger partial charge in [-0.2, -0.15) is 20.2 Å². The molecule has 3 aliphatic rings. The monoisotopic (exact) mass is 721 g/mol. The van der Waals surface area contributed by atoms with Crippen LogP contribution in [0.3, 0.4) is 0 Å². The van der Waals surface area contributed by atoms with Crippen molar-refractivity contribution in [3.63, 3.8) is 0 Å². The number of aromatic nitrogens is 5. The van der Waals surface area contributed by atoms with E-state index >= 15 is 4.39 Å². The summed E-state index contributed by atoms with van der Waals surface area (Å²) < 4.78 is 28.5. The number of amides is 1. The molecule has 0 bridgehead atoms. The van der Waals surface area contributed by atoms with E-state index in [1.807, 2.05) is 36.1 Å². The van der Waals surface area contributed by atoms with Gasteiger partial charge < -0.3 is 19.1 Å². The summed E-state index contributed by atoms with van der Waals surface area (Å²) in [5.41, 5.74) is 0.675. The molecule has 2 aromatic carbocycles. The molecule has 5 aromatic rings. The Bertz CT molecular complexity index is 2220. The number of halogens is 2. The Balaban J connectivity index is 1.16. The highest BCUT2D eigenvalue weighted by Crippen LogP contribution is 2.40. The molecule has 266 valence electrons. The zero-order valence-electron chi connectivity index (χ0n) is 28.8. The zero-order valence-corrected chi connectivity index (χ0v) is 29.5. The van der Waals surface area contributed by atoms with Gasteiger partial charge in [-0.1, -0.05) is 54.0 Å². The number of benzene rings is 2. The van der Waals surface area contributed by atoms with Crippen molar-refractivity contribution in [1.82, 2.24) is 34.9 Å². The molecule has 1 amide bonds. The number of ether oxygens (including phenoxy) is 1. The van der Waals surface area contributed by atoms with Crippen molar-refractivity contribution in [3.8, 4) is 23.3 Å². The first-order valence-corrected chi connectivity index (χ1v) is 18.1. The molecule has 0 saturated carbocycles. The quantitative estimate of drug-likeness (QED) is 0.160. The second-order valence-electron chi connectivity index (χ2n) is 13.6. The van der Waals surface area contributed by atoms with Gasteiger partial charge in [-0.15, -0.1) is 0 Å². The van der Waals surface area contributed by atoms with Crippen LogP contribution >= 0.6 is 11.6 Å². The second kappa shape index (κ2) is 14.1. The summed E-state index contributed by atoms with van der Waals surface area (Å²) in [6, 6.07) is 13.0. The number of nitrogens with zero attached hydrogens (tertiary/aromatic N) is 9.